The first-order valence-corrected chi connectivity index (χ1v) is 18.3. The predicted molar refractivity (Wildman–Crippen MR) is 188 cm³/mol. The van der Waals surface area contributed by atoms with E-state index in [0.717, 1.165) is 13.3 Å². The zero-order chi connectivity index (χ0) is 41.0. The Bertz CT molecular complexity index is 1460. The minimum absolute atomic E-state index is 0.156. The van der Waals surface area contributed by atoms with Crippen molar-refractivity contribution in [2.45, 2.75) is 114 Å². The van der Waals surface area contributed by atoms with Gasteiger partial charge < -0.3 is 67.4 Å². The Kier molecular flexibility index (Phi) is 16.7. The second-order valence-electron chi connectivity index (χ2n) is 13.8. The van der Waals surface area contributed by atoms with E-state index in [9.17, 15) is 58.5 Å². The molecule has 8 amide bonds. The molecular weight excluding hydrogens is 730 g/mol. The van der Waals surface area contributed by atoms with Crippen LogP contribution in [-0.4, -0.2) is 177 Å². The maximum atomic E-state index is 13.1. The third kappa shape index (κ3) is 12.0. The van der Waals surface area contributed by atoms with E-state index in [1.165, 1.54) is 23.6 Å². The molecule has 0 aromatic carbocycles. The van der Waals surface area contributed by atoms with E-state index in [4.69, 9.17) is 5.11 Å². The van der Waals surface area contributed by atoms with Crippen molar-refractivity contribution in [1.82, 2.24) is 47.0 Å². The highest BCUT2D eigenvalue weighted by Crippen LogP contribution is 2.21. The molecule has 0 aromatic rings. The number of likely N-dealkylation sites (tertiary alicyclic amines) is 2. The van der Waals surface area contributed by atoms with Gasteiger partial charge in [-0.15, -0.1) is 0 Å². The van der Waals surface area contributed by atoms with E-state index < -0.39 is 115 Å². The molecule has 0 radical (unpaired) electrons. The first-order valence-electron chi connectivity index (χ1n) is 18.3. The van der Waals surface area contributed by atoms with E-state index in [1.54, 1.807) is 0 Å². The number of hydrogen-bond acceptors (Lipinski definition) is 13. The van der Waals surface area contributed by atoms with Crippen LogP contribution in [0.25, 0.3) is 0 Å². The van der Waals surface area contributed by atoms with Crippen molar-refractivity contribution in [2.75, 3.05) is 39.4 Å². The summed E-state index contributed by atoms with van der Waals surface area (Å²) in [5.74, 6) is -7.58. The number of carbonyl (C=O) groups is 9. The second kappa shape index (κ2) is 20.7. The summed E-state index contributed by atoms with van der Waals surface area (Å²) in [4.78, 5) is 117. The van der Waals surface area contributed by atoms with Gasteiger partial charge in [-0.25, -0.2) is 0 Å². The summed E-state index contributed by atoms with van der Waals surface area (Å²) in [7, 11) is 0. The summed E-state index contributed by atoms with van der Waals surface area (Å²) in [6.07, 6.45) is 1.60. The van der Waals surface area contributed by atoms with E-state index in [1.807, 2.05) is 0 Å². The number of carboxylic acid groups (broad SMARTS) is 1. The lowest BCUT2D eigenvalue weighted by molar-refractivity contribution is -0.143. The average Bonchev–Trinajstić information content (AvgIpc) is 3.95. The fourth-order valence-corrected chi connectivity index (χ4v) is 6.59. The largest absolute Gasteiger partial charge is 0.480 e. The summed E-state index contributed by atoms with van der Waals surface area (Å²) in [5, 5.41) is 55.7. The van der Waals surface area contributed by atoms with Gasteiger partial charge in [0.2, 0.25) is 47.3 Å². The number of aliphatic carboxylic acids is 1. The third-order valence-electron chi connectivity index (χ3n) is 9.62. The van der Waals surface area contributed by atoms with Crippen molar-refractivity contribution in [3.63, 3.8) is 0 Å². The molecule has 0 spiro atoms. The summed E-state index contributed by atoms with van der Waals surface area (Å²) in [6.45, 7) is 2.43. The van der Waals surface area contributed by atoms with Crippen LogP contribution in [0.4, 0.5) is 0 Å². The maximum absolute atomic E-state index is 13.1. The highest BCUT2D eigenvalue weighted by atomic mass is 16.4. The monoisotopic (exact) mass is 783 g/mol. The normalized spacial score (nSPS) is 22.6. The van der Waals surface area contributed by atoms with Crippen LogP contribution in [0.1, 0.15) is 59.3 Å². The van der Waals surface area contributed by atoms with Crippen molar-refractivity contribution >= 4 is 53.2 Å². The lowest BCUT2D eigenvalue weighted by atomic mass is 10.1. The smallest absolute Gasteiger partial charge is 0.322 e. The summed E-state index contributed by atoms with van der Waals surface area (Å²) < 4.78 is 0. The van der Waals surface area contributed by atoms with Crippen LogP contribution in [0.5, 0.6) is 0 Å². The number of aliphatic hydroxyl groups is 3. The minimum Gasteiger partial charge on any atom is -0.480 e. The van der Waals surface area contributed by atoms with Crippen LogP contribution in [0.3, 0.4) is 0 Å². The highest BCUT2D eigenvalue weighted by molar-refractivity contribution is 5.98. The molecule has 0 unspecified atom stereocenters. The Morgan fingerprint density at radius 3 is 1.78 bits per heavy atom. The molecule has 0 aliphatic carbocycles. The van der Waals surface area contributed by atoms with Crippen LogP contribution in [-0.2, 0) is 43.2 Å². The summed E-state index contributed by atoms with van der Waals surface area (Å²) in [6, 6.07) is -9.72. The van der Waals surface area contributed by atoms with Crippen LogP contribution in [0.15, 0.2) is 0 Å². The number of nitrogens with one attached hydrogen (secondary N) is 7. The molecule has 0 bridgehead atoms. The first-order chi connectivity index (χ1) is 26.0. The van der Waals surface area contributed by atoms with E-state index in [-0.39, 0.29) is 24.9 Å². The number of amides is 8. The molecule has 9 atom stereocenters. The zero-order valence-corrected chi connectivity index (χ0v) is 31.0. The molecule has 11 N–H and O–H groups in total. The van der Waals surface area contributed by atoms with Gasteiger partial charge in [0.05, 0.1) is 25.4 Å². The number of hydrogen-bond donors (Lipinski definition) is 11. The van der Waals surface area contributed by atoms with Gasteiger partial charge in [0.1, 0.15) is 48.8 Å². The van der Waals surface area contributed by atoms with Gasteiger partial charge in [-0.3, -0.25) is 43.2 Å². The molecule has 3 saturated heterocycles. The number of aliphatic hydroxyl groups excluding tert-OH is 3. The fraction of sp³-hybridized carbons (Fsp3) is 0.727. The van der Waals surface area contributed by atoms with Gasteiger partial charge in [0, 0.05) is 13.1 Å². The van der Waals surface area contributed by atoms with Gasteiger partial charge >= 0.3 is 5.97 Å². The lowest BCUT2D eigenvalue weighted by Gasteiger charge is -2.29. The van der Waals surface area contributed by atoms with Crippen molar-refractivity contribution < 1.29 is 63.6 Å². The van der Waals surface area contributed by atoms with E-state index in [0.29, 0.717) is 38.8 Å². The second-order valence-corrected chi connectivity index (χ2v) is 13.8. The molecule has 0 saturated carbocycles. The van der Waals surface area contributed by atoms with Crippen molar-refractivity contribution in [3.8, 4) is 0 Å². The Hall–Kier alpha value is -4.93. The number of carboxylic acids is 1. The van der Waals surface area contributed by atoms with Gasteiger partial charge in [-0.05, 0) is 65.8 Å². The third-order valence-corrected chi connectivity index (χ3v) is 9.62. The molecule has 55 heavy (non-hydrogen) atoms. The molecule has 308 valence electrons. The number of carbonyl (C=O) groups excluding carboxylic acids is 8. The standard InChI is InChI=1S/C33H53N9O13/c1-16(36-30(52)23-9-6-12-42(23)33(55)19-7-4-10-34-19)26(48)38-21(15-44)28(50)40-25(18(3)45)31(53)39-20(14-43)27(49)37-17(2)32(54)41-11-5-8-22(41)29(51)35-13-24(46)47/h16-23,25,34,43-45H,4-15H2,1-3H3,(H,35,51)(H,36,52)(H,37,49)(H,38,48)(H,39,53)(H,40,50)(H,46,47)/t16-,17-,18+,19-,20-,21-,22-,23-,25-/m0/s1. The molecule has 3 rings (SSSR count). The minimum atomic E-state index is -1.77. The topological polar surface area (TPSA) is 325 Å². The molecular formula is C33H53N9O13. The van der Waals surface area contributed by atoms with Gasteiger partial charge in [-0.1, -0.05) is 0 Å². The molecule has 3 aliphatic heterocycles. The molecule has 3 aliphatic rings. The van der Waals surface area contributed by atoms with E-state index in [2.05, 4.69) is 37.2 Å². The number of rotatable bonds is 18. The summed E-state index contributed by atoms with van der Waals surface area (Å²) in [5.41, 5.74) is 0. The Labute approximate surface area is 316 Å². The van der Waals surface area contributed by atoms with Crippen LogP contribution >= 0.6 is 0 Å². The Balaban J connectivity index is 1.54. The molecule has 22 heteroatoms. The molecule has 0 aromatic heterocycles. The van der Waals surface area contributed by atoms with Gasteiger partial charge in [0.15, 0.2) is 0 Å². The first kappa shape index (κ1) is 44.5. The van der Waals surface area contributed by atoms with Crippen molar-refractivity contribution in [2.24, 2.45) is 0 Å². The highest BCUT2D eigenvalue weighted by Gasteiger charge is 2.40. The predicted octanol–water partition coefficient (Wildman–Crippen LogP) is -6.25. The van der Waals surface area contributed by atoms with Crippen molar-refractivity contribution in [3.05, 3.63) is 0 Å². The molecule has 3 fully saturated rings. The Morgan fingerprint density at radius 2 is 1.24 bits per heavy atom. The van der Waals surface area contributed by atoms with Crippen LogP contribution in [0, 0.1) is 0 Å². The maximum Gasteiger partial charge on any atom is 0.322 e. The van der Waals surface area contributed by atoms with Crippen LogP contribution < -0.4 is 37.2 Å². The van der Waals surface area contributed by atoms with Gasteiger partial charge in [-0.2, -0.15) is 0 Å². The lowest BCUT2D eigenvalue weighted by Crippen LogP contribution is -2.62. The quantitative estimate of drug-likeness (QED) is 0.0617. The average molecular weight is 784 g/mol. The van der Waals surface area contributed by atoms with Crippen molar-refractivity contribution in [1.29, 1.82) is 0 Å². The van der Waals surface area contributed by atoms with E-state index >= 15 is 0 Å². The molecule has 22 nitrogen and oxygen atoms in total. The van der Waals surface area contributed by atoms with Crippen LogP contribution in [0.2, 0.25) is 0 Å². The van der Waals surface area contributed by atoms with Gasteiger partial charge in [0.25, 0.3) is 0 Å². The molecule has 3 heterocycles. The summed E-state index contributed by atoms with van der Waals surface area (Å²) >= 11 is 0. The zero-order valence-electron chi connectivity index (χ0n) is 31.0. The Morgan fingerprint density at radius 1 is 0.673 bits per heavy atom. The SMILES string of the molecule is C[C@H](NC(=O)[C@@H]1CCCN1C(=O)[C@@H]1CCCN1)C(=O)N[C@@H](CO)C(=O)N[C@H](C(=O)N[C@@H](CO)C(=O)N[C@@H](C)C(=O)N1CCC[C@H]1C(=O)NCC(=O)O)[C@@H](C)O. The fourth-order valence-electron chi connectivity index (χ4n) is 6.59. The number of nitrogens with zero attached hydrogens (tertiary/aromatic N) is 2.